The van der Waals surface area contributed by atoms with E-state index in [2.05, 4.69) is 4.90 Å². The molecule has 0 heterocycles. The quantitative estimate of drug-likeness (QED) is 0.611. The standard InChI is InChI=1S/C14H20ClNO2/c1-11(18)13-7-6-12(10-14(13)15)16(2)8-4-3-5-9-17/h6-7,10,17H,3-5,8-9H2,1-2H3. The van der Waals surface area contributed by atoms with Gasteiger partial charge in [-0.05, 0) is 44.4 Å². The summed E-state index contributed by atoms with van der Waals surface area (Å²) >= 11 is 6.07. The molecule has 1 N–H and O–H groups in total. The zero-order valence-electron chi connectivity index (χ0n) is 10.9. The molecule has 0 aliphatic rings. The molecule has 18 heavy (non-hydrogen) atoms. The van der Waals surface area contributed by atoms with E-state index in [1.165, 1.54) is 6.92 Å². The average Bonchev–Trinajstić information content (AvgIpc) is 2.33. The summed E-state index contributed by atoms with van der Waals surface area (Å²) in [6.45, 7) is 2.68. The number of carbonyl (C=O) groups is 1. The van der Waals surface area contributed by atoms with E-state index in [0.717, 1.165) is 31.5 Å². The molecule has 0 aliphatic heterocycles. The largest absolute Gasteiger partial charge is 0.396 e. The van der Waals surface area contributed by atoms with E-state index in [1.54, 1.807) is 6.07 Å². The molecular formula is C14H20ClNO2. The molecule has 0 bridgehead atoms. The number of halogens is 1. The van der Waals surface area contributed by atoms with Crippen LogP contribution in [0.4, 0.5) is 5.69 Å². The van der Waals surface area contributed by atoms with Gasteiger partial charge in [0.15, 0.2) is 5.78 Å². The first-order valence-electron chi connectivity index (χ1n) is 6.18. The highest BCUT2D eigenvalue weighted by atomic mass is 35.5. The van der Waals surface area contributed by atoms with E-state index in [1.807, 2.05) is 19.2 Å². The molecular weight excluding hydrogens is 250 g/mol. The third-order valence-corrected chi connectivity index (χ3v) is 3.24. The summed E-state index contributed by atoms with van der Waals surface area (Å²) in [7, 11) is 2.00. The monoisotopic (exact) mass is 269 g/mol. The smallest absolute Gasteiger partial charge is 0.161 e. The fourth-order valence-electron chi connectivity index (χ4n) is 1.79. The Bertz CT molecular complexity index is 407. The van der Waals surface area contributed by atoms with Gasteiger partial charge >= 0.3 is 0 Å². The van der Waals surface area contributed by atoms with Crippen LogP contribution in [0.5, 0.6) is 0 Å². The number of benzene rings is 1. The molecule has 0 radical (unpaired) electrons. The SMILES string of the molecule is CC(=O)c1ccc(N(C)CCCCCO)cc1Cl. The maximum absolute atomic E-state index is 11.3. The van der Waals surface area contributed by atoms with Gasteiger partial charge in [0.05, 0.1) is 5.02 Å². The topological polar surface area (TPSA) is 40.5 Å². The van der Waals surface area contributed by atoms with Crippen molar-refractivity contribution in [2.75, 3.05) is 25.1 Å². The van der Waals surface area contributed by atoms with Crippen molar-refractivity contribution < 1.29 is 9.90 Å². The van der Waals surface area contributed by atoms with Crippen LogP contribution in [0.1, 0.15) is 36.5 Å². The normalized spacial score (nSPS) is 10.4. The Hall–Kier alpha value is -1.06. The Balaban J connectivity index is 2.61. The van der Waals surface area contributed by atoms with Crippen LogP contribution < -0.4 is 4.90 Å². The maximum Gasteiger partial charge on any atom is 0.161 e. The van der Waals surface area contributed by atoms with Crippen LogP contribution >= 0.6 is 11.6 Å². The number of nitrogens with zero attached hydrogens (tertiary/aromatic N) is 1. The molecule has 1 aromatic carbocycles. The lowest BCUT2D eigenvalue weighted by molar-refractivity contribution is 0.101. The van der Waals surface area contributed by atoms with Gasteiger partial charge in [-0.1, -0.05) is 11.6 Å². The second-order valence-corrected chi connectivity index (χ2v) is 4.83. The van der Waals surface area contributed by atoms with E-state index >= 15 is 0 Å². The fourth-order valence-corrected chi connectivity index (χ4v) is 2.10. The van der Waals surface area contributed by atoms with Gasteiger partial charge in [0.2, 0.25) is 0 Å². The van der Waals surface area contributed by atoms with E-state index in [0.29, 0.717) is 10.6 Å². The number of carbonyl (C=O) groups excluding carboxylic acids is 1. The molecule has 4 heteroatoms. The van der Waals surface area contributed by atoms with Crippen molar-refractivity contribution in [3.8, 4) is 0 Å². The summed E-state index contributed by atoms with van der Waals surface area (Å²) in [5, 5.41) is 9.21. The Morgan fingerprint density at radius 2 is 2.06 bits per heavy atom. The summed E-state index contributed by atoms with van der Waals surface area (Å²) in [6, 6.07) is 5.50. The van der Waals surface area contributed by atoms with Gasteiger partial charge in [0, 0.05) is 31.5 Å². The number of anilines is 1. The van der Waals surface area contributed by atoms with Gasteiger partial charge in [-0.25, -0.2) is 0 Å². The van der Waals surface area contributed by atoms with Gasteiger partial charge in [-0.2, -0.15) is 0 Å². The minimum absolute atomic E-state index is 0.0165. The van der Waals surface area contributed by atoms with Crippen LogP contribution in [0.3, 0.4) is 0 Å². The van der Waals surface area contributed by atoms with E-state index in [-0.39, 0.29) is 12.4 Å². The van der Waals surface area contributed by atoms with Crippen LogP contribution in [0.25, 0.3) is 0 Å². The lowest BCUT2D eigenvalue weighted by Gasteiger charge is -2.20. The lowest BCUT2D eigenvalue weighted by Crippen LogP contribution is -2.18. The molecule has 0 aliphatic carbocycles. The molecule has 1 rings (SSSR count). The third kappa shape index (κ3) is 4.31. The first-order chi connectivity index (χ1) is 8.56. The van der Waals surface area contributed by atoms with Crippen molar-refractivity contribution >= 4 is 23.1 Å². The predicted molar refractivity (Wildman–Crippen MR) is 75.7 cm³/mol. The summed E-state index contributed by atoms with van der Waals surface area (Å²) in [5.41, 5.74) is 1.57. The molecule has 0 fully saturated rings. The lowest BCUT2D eigenvalue weighted by atomic mass is 10.1. The van der Waals surface area contributed by atoms with Crippen molar-refractivity contribution in [2.45, 2.75) is 26.2 Å². The van der Waals surface area contributed by atoms with E-state index in [4.69, 9.17) is 16.7 Å². The summed E-state index contributed by atoms with van der Waals surface area (Å²) in [6.07, 6.45) is 2.89. The van der Waals surface area contributed by atoms with Crippen LogP contribution in [-0.2, 0) is 0 Å². The van der Waals surface area contributed by atoms with Crippen LogP contribution in [0.15, 0.2) is 18.2 Å². The van der Waals surface area contributed by atoms with Crippen LogP contribution in [0, 0.1) is 0 Å². The number of hydrogen-bond acceptors (Lipinski definition) is 3. The molecule has 0 aromatic heterocycles. The Kier molecular flexibility index (Phi) is 6.16. The van der Waals surface area contributed by atoms with Gasteiger partial charge in [0.25, 0.3) is 0 Å². The molecule has 0 spiro atoms. The second-order valence-electron chi connectivity index (χ2n) is 4.43. The molecule has 0 atom stereocenters. The van der Waals surface area contributed by atoms with Crippen molar-refractivity contribution in [3.63, 3.8) is 0 Å². The number of aliphatic hydroxyl groups excluding tert-OH is 1. The first-order valence-corrected chi connectivity index (χ1v) is 6.56. The van der Waals surface area contributed by atoms with Crippen LogP contribution in [-0.4, -0.2) is 31.1 Å². The van der Waals surface area contributed by atoms with Crippen molar-refractivity contribution in [1.29, 1.82) is 0 Å². The highest BCUT2D eigenvalue weighted by Crippen LogP contribution is 2.23. The second kappa shape index (κ2) is 7.39. The maximum atomic E-state index is 11.3. The minimum Gasteiger partial charge on any atom is -0.396 e. The number of unbranched alkanes of at least 4 members (excludes halogenated alkanes) is 2. The molecule has 3 nitrogen and oxygen atoms in total. The number of rotatable bonds is 7. The Morgan fingerprint density at radius 3 is 2.61 bits per heavy atom. The number of aliphatic hydroxyl groups is 1. The first kappa shape index (κ1) is 15.0. The molecule has 0 saturated carbocycles. The summed E-state index contributed by atoms with van der Waals surface area (Å²) < 4.78 is 0. The molecule has 1 aromatic rings. The number of ketones is 1. The zero-order chi connectivity index (χ0) is 13.5. The van der Waals surface area contributed by atoms with Crippen molar-refractivity contribution in [2.24, 2.45) is 0 Å². The predicted octanol–water partition coefficient (Wildman–Crippen LogP) is 3.14. The van der Waals surface area contributed by atoms with E-state index in [9.17, 15) is 4.79 Å². The Labute approximate surface area is 113 Å². The number of hydrogen-bond donors (Lipinski definition) is 1. The third-order valence-electron chi connectivity index (χ3n) is 2.92. The highest BCUT2D eigenvalue weighted by molar-refractivity contribution is 6.34. The van der Waals surface area contributed by atoms with Crippen molar-refractivity contribution in [1.82, 2.24) is 0 Å². The van der Waals surface area contributed by atoms with Gasteiger partial charge in [0.1, 0.15) is 0 Å². The average molecular weight is 270 g/mol. The summed E-state index contributed by atoms with van der Waals surface area (Å²) in [4.78, 5) is 13.4. The molecule has 0 saturated heterocycles. The fraction of sp³-hybridized carbons (Fsp3) is 0.500. The van der Waals surface area contributed by atoms with Gasteiger partial charge in [-0.3, -0.25) is 4.79 Å². The number of Topliss-reactive ketones (excluding diaryl/α,β-unsaturated/α-hetero) is 1. The Morgan fingerprint density at radius 1 is 1.33 bits per heavy atom. The highest BCUT2D eigenvalue weighted by Gasteiger charge is 2.08. The zero-order valence-corrected chi connectivity index (χ0v) is 11.7. The molecule has 0 amide bonds. The van der Waals surface area contributed by atoms with E-state index < -0.39 is 0 Å². The van der Waals surface area contributed by atoms with Gasteiger partial charge in [-0.15, -0.1) is 0 Å². The van der Waals surface area contributed by atoms with Crippen molar-refractivity contribution in [3.05, 3.63) is 28.8 Å². The molecule has 0 unspecified atom stereocenters. The molecule has 100 valence electrons. The minimum atomic E-state index is -0.0165. The summed E-state index contributed by atoms with van der Waals surface area (Å²) in [5.74, 6) is -0.0165. The van der Waals surface area contributed by atoms with Crippen LogP contribution in [0.2, 0.25) is 5.02 Å². The van der Waals surface area contributed by atoms with Gasteiger partial charge < -0.3 is 10.0 Å².